The van der Waals surface area contributed by atoms with Gasteiger partial charge in [0, 0.05) is 12.6 Å². The second kappa shape index (κ2) is 12.9. The van der Waals surface area contributed by atoms with Gasteiger partial charge in [0.1, 0.15) is 24.2 Å². The zero-order valence-electron chi connectivity index (χ0n) is 21.7. The van der Waals surface area contributed by atoms with Crippen LogP contribution < -0.4 is 14.4 Å². The molecular formula is C27H36FN3O5S. The summed E-state index contributed by atoms with van der Waals surface area (Å²) >= 11 is 0. The van der Waals surface area contributed by atoms with Crippen molar-refractivity contribution in [2.75, 3.05) is 24.2 Å². The summed E-state index contributed by atoms with van der Waals surface area (Å²) in [6, 6.07) is 11.7. The van der Waals surface area contributed by atoms with E-state index in [1.54, 1.807) is 31.4 Å². The Morgan fingerprint density at radius 1 is 1.08 bits per heavy atom. The van der Waals surface area contributed by atoms with Crippen LogP contribution in [0.5, 0.6) is 5.75 Å². The fourth-order valence-corrected chi connectivity index (χ4v) is 5.49. The van der Waals surface area contributed by atoms with Gasteiger partial charge in [-0.05, 0) is 49.1 Å². The average Bonchev–Trinajstić information content (AvgIpc) is 2.88. The van der Waals surface area contributed by atoms with Gasteiger partial charge in [0.25, 0.3) is 0 Å². The number of ether oxygens (including phenoxy) is 1. The SMILES string of the molecule is CCC(C(=O)NC1CCCCC1)N(Cc1ccc(OC)cc1)C(=O)CN(c1ccccc1F)S(C)(=O)=O. The van der Waals surface area contributed by atoms with Crippen molar-refractivity contribution < 1.29 is 27.1 Å². The topological polar surface area (TPSA) is 96.0 Å². The number of rotatable bonds is 11. The highest BCUT2D eigenvalue weighted by molar-refractivity contribution is 7.92. The third-order valence-electron chi connectivity index (χ3n) is 6.65. The van der Waals surface area contributed by atoms with Crippen LogP contribution in [0.2, 0.25) is 0 Å². The predicted molar refractivity (Wildman–Crippen MR) is 141 cm³/mol. The molecule has 0 aromatic heterocycles. The van der Waals surface area contributed by atoms with Crippen LogP contribution in [-0.4, -0.2) is 57.1 Å². The predicted octanol–water partition coefficient (Wildman–Crippen LogP) is 3.86. The first kappa shape index (κ1) is 28.4. The number of amides is 2. The molecule has 10 heteroatoms. The maximum absolute atomic E-state index is 14.5. The number of nitrogens with zero attached hydrogens (tertiary/aromatic N) is 2. The Balaban J connectivity index is 1.92. The minimum absolute atomic E-state index is 0.0548. The Bertz CT molecular complexity index is 1170. The van der Waals surface area contributed by atoms with E-state index in [1.165, 1.54) is 23.1 Å². The Hall–Kier alpha value is -3.14. The molecule has 1 aliphatic rings. The Kier molecular flexibility index (Phi) is 9.91. The van der Waals surface area contributed by atoms with Crippen LogP contribution in [0.1, 0.15) is 51.0 Å². The number of methoxy groups -OCH3 is 1. The van der Waals surface area contributed by atoms with Crippen molar-refractivity contribution in [1.82, 2.24) is 10.2 Å². The molecule has 202 valence electrons. The van der Waals surface area contributed by atoms with Crippen LogP contribution in [0.15, 0.2) is 48.5 Å². The molecule has 1 fully saturated rings. The monoisotopic (exact) mass is 533 g/mol. The summed E-state index contributed by atoms with van der Waals surface area (Å²) in [5, 5.41) is 3.09. The normalized spacial score (nSPS) is 15.0. The van der Waals surface area contributed by atoms with Crippen LogP contribution in [-0.2, 0) is 26.2 Å². The lowest BCUT2D eigenvalue weighted by atomic mass is 9.95. The van der Waals surface area contributed by atoms with Crippen LogP contribution in [0.3, 0.4) is 0 Å². The third-order valence-corrected chi connectivity index (χ3v) is 7.78. The molecule has 2 aromatic carbocycles. The lowest BCUT2D eigenvalue weighted by Crippen LogP contribution is -2.54. The van der Waals surface area contributed by atoms with Gasteiger partial charge in [-0.2, -0.15) is 0 Å². The number of carbonyl (C=O) groups excluding carboxylic acids is 2. The maximum atomic E-state index is 14.5. The molecule has 2 amide bonds. The number of anilines is 1. The molecule has 1 N–H and O–H groups in total. The Labute approximate surface area is 218 Å². The van der Waals surface area contributed by atoms with Crippen molar-refractivity contribution in [3.63, 3.8) is 0 Å². The second-order valence-corrected chi connectivity index (χ2v) is 11.3. The lowest BCUT2D eigenvalue weighted by molar-refractivity contribution is -0.140. The average molecular weight is 534 g/mol. The van der Waals surface area contributed by atoms with E-state index in [0.29, 0.717) is 12.2 Å². The quantitative estimate of drug-likeness (QED) is 0.473. The van der Waals surface area contributed by atoms with Crippen LogP contribution in [0, 0.1) is 5.82 Å². The second-order valence-electron chi connectivity index (χ2n) is 9.36. The van der Waals surface area contributed by atoms with Gasteiger partial charge in [0.2, 0.25) is 21.8 Å². The number of sulfonamides is 1. The number of hydrogen-bond donors (Lipinski definition) is 1. The number of halogens is 1. The van der Waals surface area contributed by atoms with E-state index in [-0.39, 0.29) is 24.2 Å². The molecule has 37 heavy (non-hydrogen) atoms. The summed E-state index contributed by atoms with van der Waals surface area (Å²) in [4.78, 5) is 28.5. The molecule has 1 unspecified atom stereocenters. The van der Waals surface area contributed by atoms with Gasteiger partial charge in [-0.1, -0.05) is 50.5 Å². The molecule has 3 rings (SSSR count). The van der Waals surface area contributed by atoms with E-state index >= 15 is 0 Å². The zero-order valence-corrected chi connectivity index (χ0v) is 22.5. The van der Waals surface area contributed by atoms with Gasteiger partial charge in [0.05, 0.1) is 19.1 Å². The van der Waals surface area contributed by atoms with E-state index in [2.05, 4.69) is 5.32 Å². The molecular weight excluding hydrogens is 497 g/mol. The standard InChI is InChI=1S/C27H36FN3O5S/c1-4-24(27(33)29-21-10-6-5-7-11-21)30(18-20-14-16-22(36-2)17-15-20)26(32)19-31(37(3,34)35)25-13-9-8-12-23(25)28/h8-9,12-17,21,24H,4-7,10-11,18-19H2,1-3H3,(H,29,33). The van der Waals surface area contributed by atoms with Crippen molar-refractivity contribution >= 4 is 27.5 Å². The first-order chi connectivity index (χ1) is 17.6. The maximum Gasteiger partial charge on any atom is 0.244 e. The molecule has 0 aliphatic heterocycles. The van der Waals surface area contributed by atoms with E-state index in [9.17, 15) is 22.4 Å². The van der Waals surface area contributed by atoms with Crippen molar-refractivity contribution in [3.05, 3.63) is 59.9 Å². The molecule has 0 spiro atoms. The van der Waals surface area contributed by atoms with E-state index in [0.717, 1.165) is 54.3 Å². The number of nitrogens with one attached hydrogen (secondary N) is 1. The van der Waals surface area contributed by atoms with Gasteiger partial charge >= 0.3 is 0 Å². The third kappa shape index (κ3) is 7.67. The van der Waals surface area contributed by atoms with Crippen molar-refractivity contribution in [3.8, 4) is 5.75 Å². The number of benzene rings is 2. The summed E-state index contributed by atoms with van der Waals surface area (Å²) in [6.45, 7) is 1.25. The molecule has 2 aromatic rings. The van der Waals surface area contributed by atoms with E-state index in [1.807, 2.05) is 6.92 Å². The van der Waals surface area contributed by atoms with Crippen molar-refractivity contribution in [1.29, 1.82) is 0 Å². The summed E-state index contributed by atoms with van der Waals surface area (Å²) < 4.78 is 45.7. The summed E-state index contributed by atoms with van der Waals surface area (Å²) in [5.41, 5.74) is 0.525. The van der Waals surface area contributed by atoms with Crippen LogP contribution >= 0.6 is 0 Å². The highest BCUT2D eigenvalue weighted by Gasteiger charge is 2.33. The fraction of sp³-hybridized carbons (Fsp3) is 0.481. The molecule has 0 heterocycles. The molecule has 0 bridgehead atoms. The Morgan fingerprint density at radius 2 is 1.73 bits per heavy atom. The molecule has 0 radical (unpaired) electrons. The minimum atomic E-state index is -4.00. The smallest absolute Gasteiger partial charge is 0.244 e. The van der Waals surface area contributed by atoms with Gasteiger partial charge in [-0.3, -0.25) is 13.9 Å². The molecule has 1 aliphatic carbocycles. The van der Waals surface area contributed by atoms with Gasteiger partial charge in [-0.25, -0.2) is 12.8 Å². The number of carbonyl (C=O) groups is 2. The van der Waals surface area contributed by atoms with Gasteiger partial charge < -0.3 is 15.0 Å². The van der Waals surface area contributed by atoms with Crippen LogP contribution in [0.25, 0.3) is 0 Å². The Morgan fingerprint density at radius 3 is 2.30 bits per heavy atom. The molecule has 8 nitrogen and oxygen atoms in total. The van der Waals surface area contributed by atoms with Gasteiger partial charge in [-0.15, -0.1) is 0 Å². The summed E-state index contributed by atoms with van der Waals surface area (Å²) in [6.07, 6.45) is 6.27. The number of hydrogen-bond acceptors (Lipinski definition) is 5. The molecule has 1 atom stereocenters. The fourth-order valence-electron chi connectivity index (χ4n) is 4.64. The lowest BCUT2D eigenvalue weighted by Gasteiger charge is -2.34. The van der Waals surface area contributed by atoms with Crippen molar-refractivity contribution in [2.45, 2.75) is 64.1 Å². The largest absolute Gasteiger partial charge is 0.497 e. The molecule has 1 saturated carbocycles. The highest BCUT2D eigenvalue weighted by Crippen LogP contribution is 2.24. The van der Waals surface area contributed by atoms with E-state index in [4.69, 9.17) is 4.74 Å². The number of para-hydroxylation sites is 1. The summed E-state index contributed by atoms with van der Waals surface area (Å²) in [5.74, 6) is -0.987. The van der Waals surface area contributed by atoms with E-state index < -0.39 is 34.3 Å². The zero-order chi connectivity index (χ0) is 27.0. The van der Waals surface area contributed by atoms with Crippen molar-refractivity contribution in [2.24, 2.45) is 0 Å². The highest BCUT2D eigenvalue weighted by atomic mass is 32.2. The molecule has 0 saturated heterocycles. The minimum Gasteiger partial charge on any atom is -0.497 e. The van der Waals surface area contributed by atoms with Gasteiger partial charge in [0.15, 0.2) is 0 Å². The first-order valence-electron chi connectivity index (χ1n) is 12.6. The first-order valence-corrected chi connectivity index (χ1v) is 14.4. The summed E-state index contributed by atoms with van der Waals surface area (Å²) in [7, 11) is -2.45. The van der Waals surface area contributed by atoms with Crippen LogP contribution in [0.4, 0.5) is 10.1 Å².